The zero-order chi connectivity index (χ0) is 10.2. The molecule has 0 saturated heterocycles. The van der Waals surface area contributed by atoms with Crippen LogP contribution in [0.15, 0.2) is 41.3 Å². The predicted molar refractivity (Wildman–Crippen MR) is 63.6 cm³/mol. The number of thioether (sulfide) groups is 1. The van der Waals surface area contributed by atoms with Gasteiger partial charge in [0, 0.05) is 16.5 Å². The zero-order valence-corrected chi connectivity index (χ0v) is 9.65. The van der Waals surface area contributed by atoms with Gasteiger partial charge in [-0.05, 0) is 24.3 Å². The Kier molecular flexibility index (Phi) is 5.57. The third-order valence-electron chi connectivity index (χ3n) is 1.66. The van der Waals surface area contributed by atoms with Gasteiger partial charge in [0.15, 0.2) is 0 Å². The van der Waals surface area contributed by atoms with Crippen molar-refractivity contribution in [2.24, 2.45) is 0 Å². The Bertz CT molecular complexity index is 282. The van der Waals surface area contributed by atoms with Crippen LogP contribution in [-0.4, -0.2) is 18.7 Å². The smallest absolute Gasteiger partial charge is 0.118 e. The molecule has 0 heterocycles. The molecule has 0 fully saturated rings. The van der Waals surface area contributed by atoms with Crippen LogP contribution < -0.4 is 4.74 Å². The van der Waals surface area contributed by atoms with Crippen LogP contribution in [-0.2, 0) is 0 Å². The van der Waals surface area contributed by atoms with E-state index in [2.05, 4.69) is 18.2 Å². The molecule has 14 heavy (non-hydrogen) atoms. The number of methoxy groups -OCH3 is 1. The molecule has 3 heteroatoms. The molecule has 0 aliphatic carbocycles. The Labute approximate surface area is 94.1 Å². The summed E-state index contributed by atoms with van der Waals surface area (Å²) < 4.78 is 5.07. The molecule has 0 aromatic heterocycles. The number of hydrogen-bond donors (Lipinski definition) is 0. The lowest BCUT2D eigenvalue weighted by Gasteiger charge is -2.01. The van der Waals surface area contributed by atoms with E-state index in [-0.39, 0.29) is 0 Å². The van der Waals surface area contributed by atoms with Gasteiger partial charge in [-0.15, -0.1) is 23.4 Å². The van der Waals surface area contributed by atoms with E-state index in [1.165, 1.54) is 4.90 Å². The SMILES string of the molecule is COc1ccc(SCC=CCCl)cc1. The van der Waals surface area contributed by atoms with E-state index in [1.54, 1.807) is 18.9 Å². The number of hydrogen-bond acceptors (Lipinski definition) is 2. The van der Waals surface area contributed by atoms with Crippen molar-refractivity contribution < 1.29 is 4.74 Å². The minimum atomic E-state index is 0.586. The van der Waals surface area contributed by atoms with E-state index in [0.717, 1.165) is 11.5 Å². The molecule has 1 aromatic carbocycles. The molecule has 0 aliphatic heterocycles. The first-order valence-electron chi connectivity index (χ1n) is 4.34. The van der Waals surface area contributed by atoms with Gasteiger partial charge < -0.3 is 4.74 Å². The lowest BCUT2D eigenvalue weighted by atomic mass is 10.3. The van der Waals surface area contributed by atoms with E-state index < -0.39 is 0 Å². The molecule has 0 unspecified atom stereocenters. The van der Waals surface area contributed by atoms with Crippen molar-refractivity contribution in [1.82, 2.24) is 0 Å². The van der Waals surface area contributed by atoms with E-state index in [9.17, 15) is 0 Å². The maximum Gasteiger partial charge on any atom is 0.118 e. The van der Waals surface area contributed by atoms with Gasteiger partial charge in [0.1, 0.15) is 5.75 Å². The monoisotopic (exact) mass is 228 g/mol. The standard InChI is InChI=1S/C11H13ClOS/c1-13-10-4-6-11(7-5-10)14-9-3-2-8-12/h2-7H,8-9H2,1H3. The van der Waals surface area contributed by atoms with Crippen molar-refractivity contribution in [2.75, 3.05) is 18.7 Å². The van der Waals surface area contributed by atoms with Crippen molar-refractivity contribution in [3.8, 4) is 5.75 Å². The molecule has 0 bridgehead atoms. The second kappa shape index (κ2) is 6.80. The van der Waals surface area contributed by atoms with Crippen LogP contribution in [0, 0.1) is 0 Å². The molecule has 0 N–H and O–H groups in total. The average Bonchev–Trinajstić information content (AvgIpc) is 2.25. The number of halogens is 1. The van der Waals surface area contributed by atoms with Gasteiger partial charge in [-0.3, -0.25) is 0 Å². The number of ether oxygens (including phenoxy) is 1. The van der Waals surface area contributed by atoms with Crippen LogP contribution in [0.2, 0.25) is 0 Å². The van der Waals surface area contributed by atoms with Crippen LogP contribution >= 0.6 is 23.4 Å². The Morgan fingerprint density at radius 3 is 2.57 bits per heavy atom. The van der Waals surface area contributed by atoms with Crippen molar-refractivity contribution in [1.29, 1.82) is 0 Å². The van der Waals surface area contributed by atoms with Crippen molar-refractivity contribution in [2.45, 2.75) is 4.90 Å². The van der Waals surface area contributed by atoms with Crippen LogP contribution in [0.4, 0.5) is 0 Å². The normalized spacial score (nSPS) is 10.7. The summed E-state index contributed by atoms with van der Waals surface area (Å²) in [5.41, 5.74) is 0. The summed E-state index contributed by atoms with van der Waals surface area (Å²) in [7, 11) is 1.67. The molecule has 1 rings (SSSR count). The van der Waals surface area contributed by atoms with Crippen LogP contribution in [0.3, 0.4) is 0 Å². The second-order valence-electron chi connectivity index (χ2n) is 2.61. The lowest BCUT2D eigenvalue weighted by Crippen LogP contribution is -1.81. The van der Waals surface area contributed by atoms with Crippen LogP contribution in [0.5, 0.6) is 5.75 Å². The fourth-order valence-corrected chi connectivity index (χ4v) is 1.83. The number of alkyl halides is 1. The first-order valence-corrected chi connectivity index (χ1v) is 5.86. The van der Waals surface area contributed by atoms with Crippen molar-refractivity contribution >= 4 is 23.4 Å². The minimum Gasteiger partial charge on any atom is -0.497 e. The van der Waals surface area contributed by atoms with E-state index in [4.69, 9.17) is 16.3 Å². The fourth-order valence-electron chi connectivity index (χ4n) is 0.947. The maximum absolute atomic E-state index is 5.51. The van der Waals surface area contributed by atoms with Gasteiger partial charge in [0.25, 0.3) is 0 Å². The summed E-state index contributed by atoms with van der Waals surface area (Å²) in [6.07, 6.45) is 4.03. The highest BCUT2D eigenvalue weighted by molar-refractivity contribution is 7.99. The summed E-state index contributed by atoms with van der Waals surface area (Å²) in [6.45, 7) is 0. The summed E-state index contributed by atoms with van der Waals surface area (Å²) >= 11 is 7.29. The van der Waals surface area contributed by atoms with Gasteiger partial charge >= 0.3 is 0 Å². The molecule has 76 valence electrons. The fraction of sp³-hybridized carbons (Fsp3) is 0.273. The van der Waals surface area contributed by atoms with Gasteiger partial charge in [-0.1, -0.05) is 12.2 Å². The number of rotatable bonds is 5. The Balaban J connectivity index is 2.40. The van der Waals surface area contributed by atoms with Crippen LogP contribution in [0.1, 0.15) is 0 Å². The van der Waals surface area contributed by atoms with Gasteiger partial charge in [-0.2, -0.15) is 0 Å². The molecule has 0 atom stereocenters. The number of allylic oxidation sites excluding steroid dienone is 1. The van der Waals surface area contributed by atoms with Gasteiger partial charge in [0.05, 0.1) is 7.11 Å². The topological polar surface area (TPSA) is 9.23 Å². The molecule has 1 aromatic rings. The van der Waals surface area contributed by atoms with Crippen molar-refractivity contribution in [3.63, 3.8) is 0 Å². The third kappa shape index (κ3) is 4.07. The zero-order valence-electron chi connectivity index (χ0n) is 8.07. The molecule has 0 spiro atoms. The van der Waals surface area contributed by atoms with Crippen LogP contribution in [0.25, 0.3) is 0 Å². The summed E-state index contributed by atoms with van der Waals surface area (Å²) in [5, 5.41) is 0. The molecular formula is C11H13ClOS. The van der Waals surface area contributed by atoms with E-state index >= 15 is 0 Å². The quantitative estimate of drug-likeness (QED) is 0.433. The summed E-state index contributed by atoms with van der Waals surface area (Å²) in [5.74, 6) is 2.44. The molecule has 1 nitrogen and oxygen atoms in total. The molecule has 0 radical (unpaired) electrons. The van der Waals surface area contributed by atoms with Crippen molar-refractivity contribution in [3.05, 3.63) is 36.4 Å². The summed E-state index contributed by atoms with van der Waals surface area (Å²) in [6, 6.07) is 8.04. The first-order chi connectivity index (χ1) is 6.86. The largest absolute Gasteiger partial charge is 0.497 e. The second-order valence-corrected chi connectivity index (χ2v) is 4.01. The molecular weight excluding hydrogens is 216 g/mol. The highest BCUT2D eigenvalue weighted by Gasteiger charge is 1.92. The van der Waals surface area contributed by atoms with Gasteiger partial charge in [-0.25, -0.2) is 0 Å². The molecule has 0 saturated carbocycles. The Morgan fingerprint density at radius 1 is 1.29 bits per heavy atom. The first kappa shape index (κ1) is 11.5. The summed E-state index contributed by atoms with van der Waals surface area (Å²) in [4.78, 5) is 1.24. The highest BCUT2D eigenvalue weighted by Crippen LogP contribution is 2.21. The minimum absolute atomic E-state index is 0.586. The lowest BCUT2D eigenvalue weighted by molar-refractivity contribution is 0.414. The molecule has 0 aliphatic rings. The van der Waals surface area contributed by atoms with E-state index in [0.29, 0.717) is 5.88 Å². The predicted octanol–water partition coefficient (Wildman–Crippen LogP) is 3.58. The Hall–Kier alpha value is -0.600. The van der Waals surface area contributed by atoms with Gasteiger partial charge in [0.2, 0.25) is 0 Å². The maximum atomic E-state index is 5.51. The Morgan fingerprint density at radius 2 is 2.00 bits per heavy atom. The third-order valence-corrected chi connectivity index (χ3v) is 2.80. The highest BCUT2D eigenvalue weighted by atomic mass is 35.5. The number of benzene rings is 1. The average molecular weight is 229 g/mol. The molecule has 0 amide bonds. The van der Waals surface area contributed by atoms with E-state index in [1.807, 2.05) is 18.2 Å².